The zero-order valence-corrected chi connectivity index (χ0v) is 16.8. The minimum Gasteiger partial charge on any atom is -0.492 e. The first-order valence-corrected chi connectivity index (χ1v) is 10.4. The van der Waals surface area contributed by atoms with Crippen molar-refractivity contribution in [3.05, 3.63) is 50.1 Å². The van der Waals surface area contributed by atoms with Crippen molar-refractivity contribution >= 4 is 40.4 Å². The highest BCUT2D eigenvalue weighted by Gasteiger charge is 2.16. The molecule has 0 radical (unpaired) electrons. The molecule has 2 heterocycles. The monoisotopic (exact) mass is 412 g/mol. The number of carbonyl (C=O) groups excluding carboxylic acids is 1. The first-order valence-electron chi connectivity index (χ1n) is 8.74. The maximum Gasteiger partial charge on any atom is 0.220 e. The number of rotatable bonds is 8. The van der Waals surface area contributed by atoms with E-state index in [1.165, 1.54) is 10.4 Å². The third-order valence-electron chi connectivity index (χ3n) is 4.36. The molecule has 3 rings (SSSR count). The van der Waals surface area contributed by atoms with E-state index in [-0.39, 0.29) is 5.91 Å². The van der Waals surface area contributed by atoms with Crippen LogP contribution in [0.4, 0.5) is 0 Å². The van der Waals surface area contributed by atoms with Gasteiger partial charge in [0.25, 0.3) is 0 Å². The van der Waals surface area contributed by atoms with Crippen LogP contribution in [0.2, 0.25) is 10.0 Å². The molecule has 1 N–H and O–H groups in total. The molecule has 0 unspecified atom stereocenters. The smallest absolute Gasteiger partial charge is 0.220 e. The quantitative estimate of drug-likeness (QED) is 0.653. The molecule has 1 aromatic heterocycles. The third-order valence-corrected chi connectivity index (χ3v) is 6.18. The largest absolute Gasteiger partial charge is 0.492 e. The van der Waals surface area contributed by atoms with Crippen LogP contribution in [0.15, 0.2) is 29.6 Å². The lowest BCUT2D eigenvalue weighted by Gasteiger charge is -2.26. The Bertz CT molecular complexity index is 751. The lowest BCUT2D eigenvalue weighted by Crippen LogP contribution is -2.37. The number of hydrogen-bond acceptors (Lipinski definition) is 4. The maximum atomic E-state index is 11.9. The predicted molar refractivity (Wildman–Crippen MR) is 108 cm³/mol. The summed E-state index contributed by atoms with van der Waals surface area (Å²) in [5.41, 5.74) is 1.43. The van der Waals surface area contributed by atoms with Crippen molar-refractivity contribution in [2.24, 2.45) is 0 Å². The minimum absolute atomic E-state index is 0.0547. The first-order chi connectivity index (χ1) is 12.6. The molecule has 140 valence electrons. The molecule has 4 nitrogen and oxygen atoms in total. The van der Waals surface area contributed by atoms with E-state index in [4.69, 9.17) is 27.9 Å². The van der Waals surface area contributed by atoms with E-state index in [0.29, 0.717) is 41.8 Å². The lowest BCUT2D eigenvalue weighted by molar-refractivity contribution is -0.121. The Morgan fingerprint density at radius 2 is 2.19 bits per heavy atom. The summed E-state index contributed by atoms with van der Waals surface area (Å²) < 4.78 is 5.59. The number of nitrogens with one attached hydrogen (secondary N) is 1. The Hall–Kier alpha value is -1.27. The van der Waals surface area contributed by atoms with Gasteiger partial charge in [0.2, 0.25) is 5.91 Å². The van der Waals surface area contributed by atoms with Gasteiger partial charge < -0.3 is 10.1 Å². The normalized spacial score (nSPS) is 14.1. The van der Waals surface area contributed by atoms with E-state index < -0.39 is 0 Å². The summed E-state index contributed by atoms with van der Waals surface area (Å²) in [6.45, 7) is 4.05. The van der Waals surface area contributed by atoms with Gasteiger partial charge in [0.15, 0.2) is 0 Å². The molecule has 0 spiro atoms. The van der Waals surface area contributed by atoms with Crippen molar-refractivity contribution < 1.29 is 9.53 Å². The summed E-state index contributed by atoms with van der Waals surface area (Å²) in [7, 11) is 0. The summed E-state index contributed by atoms with van der Waals surface area (Å²) >= 11 is 13.8. The fraction of sp³-hybridized carbons (Fsp3) is 0.421. The highest BCUT2D eigenvalue weighted by molar-refractivity contribution is 7.10. The zero-order valence-electron chi connectivity index (χ0n) is 14.5. The molecular formula is C19H22Cl2N2O2S. The molecule has 0 fully saturated rings. The average Bonchev–Trinajstić information content (AvgIpc) is 3.10. The van der Waals surface area contributed by atoms with E-state index in [1.54, 1.807) is 18.2 Å². The van der Waals surface area contributed by atoms with Gasteiger partial charge in [-0.15, -0.1) is 11.3 Å². The van der Waals surface area contributed by atoms with Crippen molar-refractivity contribution in [1.82, 2.24) is 10.2 Å². The Labute approximate surface area is 168 Å². The molecule has 1 amide bonds. The van der Waals surface area contributed by atoms with Crippen LogP contribution in [0, 0.1) is 0 Å². The number of fused-ring (bicyclic) bond motifs is 1. The molecule has 1 aliphatic heterocycles. The standard InChI is InChI=1S/C19H22Cl2N2O2S/c20-15-3-1-4-16(19(15)21)25-11-2-5-18(24)22-8-10-23-9-6-17-14(13-23)7-12-26-17/h1,3-4,7,12H,2,5-6,8-11,13H2,(H,22,24). The fourth-order valence-electron chi connectivity index (χ4n) is 2.95. The molecule has 0 saturated heterocycles. The number of ether oxygens (including phenoxy) is 1. The molecule has 0 bridgehead atoms. The van der Waals surface area contributed by atoms with E-state index in [2.05, 4.69) is 21.7 Å². The molecular weight excluding hydrogens is 391 g/mol. The van der Waals surface area contributed by atoms with Crippen molar-refractivity contribution in [2.75, 3.05) is 26.2 Å². The number of benzene rings is 1. The Morgan fingerprint density at radius 3 is 3.08 bits per heavy atom. The summed E-state index contributed by atoms with van der Waals surface area (Å²) in [6.07, 6.45) is 2.19. The van der Waals surface area contributed by atoms with Crippen molar-refractivity contribution in [2.45, 2.75) is 25.8 Å². The van der Waals surface area contributed by atoms with Crippen LogP contribution in [0.25, 0.3) is 0 Å². The van der Waals surface area contributed by atoms with Crippen LogP contribution >= 0.6 is 34.5 Å². The highest BCUT2D eigenvalue weighted by atomic mass is 35.5. The highest BCUT2D eigenvalue weighted by Crippen LogP contribution is 2.31. The Kier molecular flexibility index (Phi) is 7.20. The Balaban J connectivity index is 1.28. The number of carbonyl (C=O) groups is 1. The molecule has 0 saturated carbocycles. The van der Waals surface area contributed by atoms with Crippen molar-refractivity contribution in [3.8, 4) is 5.75 Å². The first kappa shape index (κ1) is 19.5. The number of hydrogen-bond donors (Lipinski definition) is 1. The van der Waals surface area contributed by atoms with Gasteiger partial charge in [-0.3, -0.25) is 9.69 Å². The van der Waals surface area contributed by atoms with E-state index >= 15 is 0 Å². The number of halogens is 2. The molecule has 2 aromatic rings. The van der Waals surface area contributed by atoms with Gasteiger partial charge in [0.1, 0.15) is 10.8 Å². The SMILES string of the molecule is O=C(CCCOc1cccc(Cl)c1Cl)NCCN1CCc2sccc2C1. The lowest BCUT2D eigenvalue weighted by atomic mass is 10.1. The van der Waals surface area contributed by atoms with Crippen LogP contribution in [-0.2, 0) is 17.8 Å². The van der Waals surface area contributed by atoms with Gasteiger partial charge >= 0.3 is 0 Å². The van der Waals surface area contributed by atoms with Crippen LogP contribution < -0.4 is 10.1 Å². The van der Waals surface area contributed by atoms with Gasteiger partial charge in [-0.25, -0.2) is 0 Å². The second kappa shape index (κ2) is 9.60. The molecule has 0 aliphatic carbocycles. The summed E-state index contributed by atoms with van der Waals surface area (Å²) in [6, 6.07) is 7.48. The van der Waals surface area contributed by atoms with E-state index in [1.807, 2.05) is 11.3 Å². The van der Waals surface area contributed by atoms with Gasteiger partial charge in [-0.1, -0.05) is 29.3 Å². The third kappa shape index (κ3) is 5.36. The number of nitrogens with zero attached hydrogens (tertiary/aromatic N) is 1. The second-order valence-electron chi connectivity index (χ2n) is 6.25. The number of amides is 1. The van der Waals surface area contributed by atoms with Crippen molar-refractivity contribution in [1.29, 1.82) is 0 Å². The second-order valence-corrected chi connectivity index (χ2v) is 8.03. The van der Waals surface area contributed by atoms with Gasteiger partial charge in [-0.05, 0) is 42.0 Å². The van der Waals surface area contributed by atoms with Crippen LogP contribution in [0.3, 0.4) is 0 Å². The molecule has 1 aliphatic rings. The van der Waals surface area contributed by atoms with Crippen LogP contribution in [0.5, 0.6) is 5.75 Å². The van der Waals surface area contributed by atoms with Crippen molar-refractivity contribution in [3.63, 3.8) is 0 Å². The summed E-state index contributed by atoms with van der Waals surface area (Å²) in [5.74, 6) is 0.608. The topological polar surface area (TPSA) is 41.6 Å². The summed E-state index contributed by atoms with van der Waals surface area (Å²) in [4.78, 5) is 15.8. The van der Waals surface area contributed by atoms with E-state index in [0.717, 1.165) is 26.1 Å². The molecule has 26 heavy (non-hydrogen) atoms. The molecule has 0 atom stereocenters. The molecule has 1 aromatic carbocycles. The minimum atomic E-state index is 0.0547. The van der Waals surface area contributed by atoms with Gasteiger partial charge in [0, 0.05) is 37.5 Å². The van der Waals surface area contributed by atoms with E-state index in [9.17, 15) is 4.79 Å². The molecule has 7 heteroatoms. The van der Waals surface area contributed by atoms with Crippen LogP contribution in [-0.4, -0.2) is 37.0 Å². The van der Waals surface area contributed by atoms with Crippen LogP contribution in [0.1, 0.15) is 23.3 Å². The zero-order chi connectivity index (χ0) is 18.4. The van der Waals surface area contributed by atoms with Gasteiger partial charge in [0.05, 0.1) is 11.6 Å². The Morgan fingerprint density at radius 1 is 1.31 bits per heavy atom. The number of thiophene rings is 1. The van der Waals surface area contributed by atoms with Gasteiger partial charge in [-0.2, -0.15) is 0 Å². The fourth-order valence-corrected chi connectivity index (χ4v) is 4.19. The average molecular weight is 413 g/mol. The maximum absolute atomic E-state index is 11.9. The summed E-state index contributed by atoms with van der Waals surface area (Å²) in [5, 5.41) is 6.03. The predicted octanol–water partition coefficient (Wildman–Crippen LogP) is 4.39.